The lowest BCUT2D eigenvalue weighted by Crippen LogP contribution is -2.54. The van der Waals surface area contributed by atoms with Gasteiger partial charge in [0.25, 0.3) is 0 Å². The Kier molecular flexibility index (Phi) is 4.20. The van der Waals surface area contributed by atoms with Crippen LogP contribution in [-0.4, -0.2) is 53.2 Å². The quantitative estimate of drug-likeness (QED) is 0.750. The molecule has 1 atom stereocenters. The Morgan fingerprint density at radius 1 is 1.43 bits per heavy atom. The Labute approximate surface area is 85.5 Å². The van der Waals surface area contributed by atoms with Gasteiger partial charge >= 0.3 is 6.09 Å². The van der Waals surface area contributed by atoms with E-state index >= 15 is 0 Å². The average molecular weight is 200 g/mol. The molecule has 0 spiro atoms. The summed E-state index contributed by atoms with van der Waals surface area (Å²) in [4.78, 5) is 14.7. The first-order valence-corrected chi connectivity index (χ1v) is 5.41. The van der Waals surface area contributed by atoms with Gasteiger partial charge < -0.3 is 10.0 Å². The molecule has 4 heteroatoms. The highest BCUT2D eigenvalue weighted by atomic mass is 16.4. The molecule has 1 amide bonds. The summed E-state index contributed by atoms with van der Waals surface area (Å²) in [5.41, 5.74) is 0. The van der Waals surface area contributed by atoms with Crippen molar-refractivity contribution < 1.29 is 9.90 Å². The Morgan fingerprint density at radius 3 is 2.64 bits per heavy atom. The smallest absolute Gasteiger partial charge is 0.407 e. The molecule has 1 N–H and O–H groups in total. The first-order valence-electron chi connectivity index (χ1n) is 5.41. The van der Waals surface area contributed by atoms with E-state index in [2.05, 4.69) is 18.7 Å². The van der Waals surface area contributed by atoms with Crippen LogP contribution in [0.25, 0.3) is 0 Å². The van der Waals surface area contributed by atoms with Crippen molar-refractivity contribution in [2.75, 3.05) is 26.2 Å². The standard InChI is InChI=1S/C10H20N2O2/c1-3-5-11-6-7-12(10(13)14)8-9(11)4-2/h9H,3-8H2,1-2H3,(H,13,14). The van der Waals surface area contributed by atoms with E-state index in [1.165, 1.54) is 4.90 Å². The van der Waals surface area contributed by atoms with Crippen LogP contribution >= 0.6 is 0 Å². The highest BCUT2D eigenvalue weighted by Gasteiger charge is 2.27. The van der Waals surface area contributed by atoms with Gasteiger partial charge in [-0.15, -0.1) is 0 Å². The molecule has 0 saturated carbocycles. The monoisotopic (exact) mass is 200 g/mol. The van der Waals surface area contributed by atoms with Crippen molar-refractivity contribution in [3.63, 3.8) is 0 Å². The van der Waals surface area contributed by atoms with Gasteiger partial charge in [0.2, 0.25) is 0 Å². The van der Waals surface area contributed by atoms with E-state index in [9.17, 15) is 4.79 Å². The second kappa shape index (κ2) is 5.20. The number of carboxylic acid groups (broad SMARTS) is 1. The van der Waals surface area contributed by atoms with Gasteiger partial charge in [-0.3, -0.25) is 4.90 Å². The maximum absolute atomic E-state index is 10.8. The van der Waals surface area contributed by atoms with Crippen molar-refractivity contribution >= 4 is 6.09 Å². The summed E-state index contributed by atoms with van der Waals surface area (Å²) in [6, 6.07) is 0.416. The number of amides is 1. The summed E-state index contributed by atoms with van der Waals surface area (Å²) in [6.07, 6.45) is 1.40. The summed E-state index contributed by atoms with van der Waals surface area (Å²) < 4.78 is 0. The maximum Gasteiger partial charge on any atom is 0.407 e. The molecular formula is C10H20N2O2. The third kappa shape index (κ3) is 2.61. The SMILES string of the molecule is CCCN1CCN(C(=O)O)CC1CC. The number of rotatable bonds is 3. The zero-order valence-corrected chi connectivity index (χ0v) is 9.07. The van der Waals surface area contributed by atoms with Crippen molar-refractivity contribution in [1.29, 1.82) is 0 Å². The lowest BCUT2D eigenvalue weighted by molar-refractivity contribution is 0.0672. The molecule has 0 aromatic carbocycles. The normalized spacial score (nSPS) is 23.9. The van der Waals surface area contributed by atoms with Crippen LogP contribution in [-0.2, 0) is 0 Å². The fourth-order valence-electron chi connectivity index (χ4n) is 2.04. The Morgan fingerprint density at radius 2 is 2.14 bits per heavy atom. The van der Waals surface area contributed by atoms with E-state index in [-0.39, 0.29) is 0 Å². The summed E-state index contributed by atoms with van der Waals surface area (Å²) in [5, 5.41) is 8.88. The topological polar surface area (TPSA) is 43.8 Å². The van der Waals surface area contributed by atoms with E-state index in [1.807, 2.05) is 0 Å². The fourth-order valence-corrected chi connectivity index (χ4v) is 2.04. The van der Waals surface area contributed by atoms with Crippen LogP contribution in [0, 0.1) is 0 Å². The predicted octanol–water partition coefficient (Wildman–Crippen LogP) is 1.47. The molecular weight excluding hydrogens is 180 g/mol. The third-order valence-corrected chi connectivity index (χ3v) is 2.86. The zero-order valence-electron chi connectivity index (χ0n) is 9.07. The number of nitrogens with zero attached hydrogens (tertiary/aromatic N) is 2. The first kappa shape index (κ1) is 11.3. The molecule has 1 aliphatic heterocycles. The molecule has 0 bridgehead atoms. The maximum atomic E-state index is 10.8. The minimum Gasteiger partial charge on any atom is -0.465 e. The van der Waals surface area contributed by atoms with E-state index in [0.717, 1.165) is 25.9 Å². The summed E-state index contributed by atoms with van der Waals surface area (Å²) in [7, 11) is 0. The lowest BCUT2D eigenvalue weighted by atomic mass is 10.1. The average Bonchev–Trinajstić information content (AvgIpc) is 2.18. The van der Waals surface area contributed by atoms with E-state index in [1.54, 1.807) is 0 Å². The Hall–Kier alpha value is -0.770. The zero-order chi connectivity index (χ0) is 10.6. The number of piperazine rings is 1. The molecule has 0 radical (unpaired) electrons. The van der Waals surface area contributed by atoms with Crippen LogP contribution in [0.4, 0.5) is 4.79 Å². The van der Waals surface area contributed by atoms with E-state index in [0.29, 0.717) is 19.1 Å². The van der Waals surface area contributed by atoms with Crippen LogP contribution in [0.15, 0.2) is 0 Å². The van der Waals surface area contributed by atoms with Gasteiger partial charge in [0.15, 0.2) is 0 Å². The molecule has 0 aliphatic carbocycles. The summed E-state index contributed by atoms with van der Waals surface area (Å²) in [5.74, 6) is 0. The summed E-state index contributed by atoms with van der Waals surface area (Å²) in [6.45, 7) is 7.59. The minimum absolute atomic E-state index is 0.416. The Balaban J connectivity index is 2.50. The van der Waals surface area contributed by atoms with E-state index in [4.69, 9.17) is 5.11 Å². The van der Waals surface area contributed by atoms with Crippen molar-refractivity contribution in [3.8, 4) is 0 Å². The highest BCUT2D eigenvalue weighted by molar-refractivity contribution is 5.65. The molecule has 1 aliphatic rings. The molecule has 1 saturated heterocycles. The van der Waals surface area contributed by atoms with Crippen LogP contribution in [0.3, 0.4) is 0 Å². The number of hydrogen-bond donors (Lipinski definition) is 1. The molecule has 0 aromatic rings. The van der Waals surface area contributed by atoms with Gasteiger partial charge in [0.05, 0.1) is 0 Å². The second-order valence-corrected chi connectivity index (χ2v) is 3.83. The largest absolute Gasteiger partial charge is 0.465 e. The molecule has 1 fully saturated rings. The van der Waals surface area contributed by atoms with Crippen LogP contribution in [0.1, 0.15) is 26.7 Å². The minimum atomic E-state index is -0.778. The van der Waals surface area contributed by atoms with Gasteiger partial charge in [-0.25, -0.2) is 4.79 Å². The number of carbonyl (C=O) groups is 1. The fraction of sp³-hybridized carbons (Fsp3) is 0.900. The highest BCUT2D eigenvalue weighted by Crippen LogP contribution is 2.13. The molecule has 1 unspecified atom stereocenters. The van der Waals surface area contributed by atoms with Gasteiger partial charge in [-0.05, 0) is 19.4 Å². The van der Waals surface area contributed by atoms with Gasteiger partial charge in [0, 0.05) is 25.7 Å². The van der Waals surface area contributed by atoms with Crippen LogP contribution < -0.4 is 0 Å². The number of hydrogen-bond acceptors (Lipinski definition) is 2. The van der Waals surface area contributed by atoms with E-state index < -0.39 is 6.09 Å². The van der Waals surface area contributed by atoms with Gasteiger partial charge in [-0.1, -0.05) is 13.8 Å². The Bertz CT molecular complexity index is 197. The molecule has 82 valence electrons. The van der Waals surface area contributed by atoms with Crippen molar-refractivity contribution in [3.05, 3.63) is 0 Å². The first-order chi connectivity index (χ1) is 6.69. The van der Waals surface area contributed by atoms with Gasteiger partial charge in [0.1, 0.15) is 0 Å². The molecule has 1 heterocycles. The van der Waals surface area contributed by atoms with Crippen molar-refractivity contribution in [2.45, 2.75) is 32.7 Å². The molecule has 0 aromatic heterocycles. The lowest BCUT2D eigenvalue weighted by Gasteiger charge is -2.39. The van der Waals surface area contributed by atoms with Crippen LogP contribution in [0.2, 0.25) is 0 Å². The summed E-state index contributed by atoms with van der Waals surface area (Å²) >= 11 is 0. The molecule has 1 rings (SSSR count). The van der Waals surface area contributed by atoms with Crippen molar-refractivity contribution in [2.24, 2.45) is 0 Å². The van der Waals surface area contributed by atoms with Gasteiger partial charge in [-0.2, -0.15) is 0 Å². The molecule has 4 nitrogen and oxygen atoms in total. The van der Waals surface area contributed by atoms with Crippen molar-refractivity contribution in [1.82, 2.24) is 9.80 Å². The third-order valence-electron chi connectivity index (χ3n) is 2.86. The predicted molar refractivity (Wildman–Crippen MR) is 55.5 cm³/mol. The molecule has 14 heavy (non-hydrogen) atoms. The second-order valence-electron chi connectivity index (χ2n) is 3.83. The van der Waals surface area contributed by atoms with Crippen LogP contribution in [0.5, 0.6) is 0 Å².